The first-order chi connectivity index (χ1) is 7.24. The number of nitrogens with zero attached hydrogens (tertiary/aromatic N) is 2. The Morgan fingerprint density at radius 1 is 1.47 bits per heavy atom. The van der Waals surface area contributed by atoms with E-state index in [9.17, 15) is 0 Å². The summed E-state index contributed by atoms with van der Waals surface area (Å²) < 4.78 is 7.57. The number of ether oxygens (including phenoxy) is 1. The molecule has 0 saturated heterocycles. The molecule has 0 aliphatic rings. The summed E-state index contributed by atoms with van der Waals surface area (Å²) in [5, 5.41) is 0. The largest absolute Gasteiger partial charge is 0.379 e. The second-order valence-corrected chi connectivity index (χ2v) is 3.91. The third kappa shape index (κ3) is 4.44. The van der Waals surface area contributed by atoms with Crippen molar-refractivity contribution in [3.05, 3.63) is 18.2 Å². The van der Waals surface area contributed by atoms with Crippen molar-refractivity contribution in [1.82, 2.24) is 9.55 Å². The highest BCUT2D eigenvalue weighted by Gasteiger charge is 1.99. The maximum absolute atomic E-state index is 5.58. The van der Waals surface area contributed by atoms with Crippen LogP contribution >= 0.6 is 0 Å². The lowest BCUT2D eigenvalue weighted by Gasteiger charge is -2.08. The number of hydrogen-bond acceptors (Lipinski definition) is 3. The fraction of sp³-hybridized carbons (Fsp3) is 0.727. The van der Waals surface area contributed by atoms with Gasteiger partial charge in [0.25, 0.3) is 0 Å². The van der Waals surface area contributed by atoms with E-state index >= 15 is 0 Å². The summed E-state index contributed by atoms with van der Waals surface area (Å²) >= 11 is 0. The van der Waals surface area contributed by atoms with Crippen LogP contribution in [0.2, 0.25) is 0 Å². The summed E-state index contributed by atoms with van der Waals surface area (Å²) in [6.07, 6.45) is 6.19. The molecular formula is C11H21N3O. The average molecular weight is 211 g/mol. The van der Waals surface area contributed by atoms with Gasteiger partial charge in [0.15, 0.2) is 0 Å². The molecule has 1 rings (SSSR count). The van der Waals surface area contributed by atoms with Gasteiger partial charge in [-0.2, -0.15) is 0 Å². The lowest BCUT2D eigenvalue weighted by molar-refractivity contribution is 0.0754. The van der Waals surface area contributed by atoms with E-state index < -0.39 is 0 Å². The minimum absolute atomic E-state index is 0.331. The molecule has 0 amide bonds. The number of imidazole rings is 1. The van der Waals surface area contributed by atoms with Crippen LogP contribution in [0.5, 0.6) is 0 Å². The smallest absolute Gasteiger partial charge is 0.0948 e. The molecule has 4 heteroatoms. The third-order valence-corrected chi connectivity index (χ3v) is 2.25. The molecule has 4 nitrogen and oxygen atoms in total. The Hall–Kier alpha value is -0.870. The van der Waals surface area contributed by atoms with Gasteiger partial charge in [-0.3, -0.25) is 0 Å². The van der Waals surface area contributed by atoms with Crippen LogP contribution in [0.15, 0.2) is 12.5 Å². The molecular weight excluding hydrogens is 190 g/mol. The summed E-state index contributed by atoms with van der Waals surface area (Å²) in [7, 11) is 0. The maximum Gasteiger partial charge on any atom is 0.0948 e. The number of hydrogen-bond donors (Lipinski definition) is 1. The minimum atomic E-state index is 0.331. The number of unbranched alkanes of at least 4 members (excludes halogenated alkanes) is 1. The van der Waals surface area contributed by atoms with Gasteiger partial charge in [0.05, 0.1) is 18.1 Å². The highest BCUT2D eigenvalue weighted by molar-refractivity contribution is 4.96. The van der Waals surface area contributed by atoms with E-state index in [1.807, 2.05) is 12.5 Å². The second-order valence-electron chi connectivity index (χ2n) is 3.91. The van der Waals surface area contributed by atoms with Crippen LogP contribution in [0, 0.1) is 0 Å². The molecule has 0 unspecified atom stereocenters. The quantitative estimate of drug-likeness (QED) is 0.696. The van der Waals surface area contributed by atoms with E-state index in [0.717, 1.165) is 31.7 Å². The summed E-state index contributed by atoms with van der Waals surface area (Å²) in [6, 6.07) is 0. The van der Waals surface area contributed by atoms with Gasteiger partial charge in [-0.15, -0.1) is 0 Å². The standard InChI is InChI=1S/C11H21N3O/c1-10(2)15-6-4-3-5-14-9-13-8-11(14)7-12/h8-10H,3-7,12H2,1-2H3. The Morgan fingerprint density at radius 2 is 2.27 bits per heavy atom. The molecule has 0 aliphatic carbocycles. The van der Waals surface area contributed by atoms with Crippen LogP contribution in [0.25, 0.3) is 0 Å². The van der Waals surface area contributed by atoms with E-state index in [2.05, 4.69) is 23.4 Å². The molecule has 0 aromatic carbocycles. The van der Waals surface area contributed by atoms with Gasteiger partial charge in [0.1, 0.15) is 0 Å². The Bertz CT molecular complexity index is 271. The molecule has 0 spiro atoms. The molecule has 0 fully saturated rings. The fourth-order valence-electron chi connectivity index (χ4n) is 1.42. The first-order valence-electron chi connectivity index (χ1n) is 5.54. The van der Waals surface area contributed by atoms with E-state index in [0.29, 0.717) is 12.6 Å². The average Bonchev–Trinajstić information content (AvgIpc) is 2.64. The summed E-state index contributed by atoms with van der Waals surface area (Å²) in [5.41, 5.74) is 6.68. The van der Waals surface area contributed by atoms with Gasteiger partial charge in [0, 0.05) is 25.9 Å². The number of aryl methyl sites for hydroxylation is 1. The summed E-state index contributed by atoms with van der Waals surface area (Å²) in [5.74, 6) is 0. The van der Waals surface area contributed by atoms with E-state index in [-0.39, 0.29) is 0 Å². The fourth-order valence-corrected chi connectivity index (χ4v) is 1.42. The minimum Gasteiger partial charge on any atom is -0.379 e. The molecule has 1 heterocycles. The van der Waals surface area contributed by atoms with Crippen LogP contribution in [-0.4, -0.2) is 22.3 Å². The van der Waals surface area contributed by atoms with Gasteiger partial charge in [-0.05, 0) is 26.7 Å². The van der Waals surface area contributed by atoms with Crippen molar-refractivity contribution in [3.8, 4) is 0 Å². The van der Waals surface area contributed by atoms with Crippen molar-refractivity contribution < 1.29 is 4.74 Å². The topological polar surface area (TPSA) is 53.1 Å². The molecule has 0 saturated carbocycles. The maximum atomic E-state index is 5.58. The van der Waals surface area contributed by atoms with Gasteiger partial charge in [0.2, 0.25) is 0 Å². The first kappa shape index (κ1) is 12.2. The Labute approximate surface area is 91.4 Å². The Kier molecular flexibility index (Phi) is 5.36. The van der Waals surface area contributed by atoms with Crippen molar-refractivity contribution >= 4 is 0 Å². The first-order valence-corrected chi connectivity index (χ1v) is 5.54. The van der Waals surface area contributed by atoms with Crippen molar-refractivity contribution in [3.63, 3.8) is 0 Å². The molecule has 86 valence electrons. The highest BCUT2D eigenvalue weighted by atomic mass is 16.5. The second kappa shape index (κ2) is 6.58. The van der Waals surface area contributed by atoms with Crippen LogP contribution in [0.1, 0.15) is 32.4 Å². The summed E-state index contributed by atoms with van der Waals surface area (Å²) in [6.45, 7) is 6.49. The number of nitrogens with two attached hydrogens (primary N) is 1. The SMILES string of the molecule is CC(C)OCCCCn1cncc1CN. The number of rotatable bonds is 7. The van der Waals surface area contributed by atoms with Gasteiger partial charge >= 0.3 is 0 Å². The molecule has 0 radical (unpaired) electrons. The van der Waals surface area contributed by atoms with Crippen LogP contribution in [-0.2, 0) is 17.8 Å². The monoisotopic (exact) mass is 211 g/mol. The van der Waals surface area contributed by atoms with Crippen molar-refractivity contribution in [1.29, 1.82) is 0 Å². The predicted molar refractivity (Wildman–Crippen MR) is 60.4 cm³/mol. The Balaban J connectivity index is 2.15. The van der Waals surface area contributed by atoms with E-state index in [1.165, 1.54) is 0 Å². The third-order valence-electron chi connectivity index (χ3n) is 2.25. The number of aromatic nitrogens is 2. The van der Waals surface area contributed by atoms with Crippen LogP contribution in [0.4, 0.5) is 0 Å². The lowest BCUT2D eigenvalue weighted by Crippen LogP contribution is -2.08. The zero-order valence-corrected chi connectivity index (χ0v) is 9.65. The zero-order valence-electron chi connectivity index (χ0n) is 9.65. The molecule has 0 atom stereocenters. The van der Waals surface area contributed by atoms with Crippen molar-refractivity contribution in [2.45, 2.75) is 45.9 Å². The summed E-state index contributed by atoms with van der Waals surface area (Å²) in [4.78, 5) is 4.07. The molecule has 2 N–H and O–H groups in total. The zero-order chi connectivity index (χ0) is 11.1. The van der Waals surface area contributed by atoms with Crippen LogP contribution < -0.4 is 5.73 Å². The highest BCUT2D eigenvalue weighted by Crippen LogP contribution is 2.02. The van der Waals surface area contributed by atoms with Crippen molar-refractivity contribution in [2.75, 3.05) is 6.61 Å². The predicted octanol–water partition coefficient (Wildman–Crippen LogP) is 1.55. The molecule has 1 aromatic rings. The van der Waals surface area contributed by atoms with E-state index in [1.54, 1.807) is 0 Å². The molecule has 0 aliphatic heterocycles. The van der Waals surface area contributed by atoms with E-state index in [4.69, 9.17) is 10.5 Å². The van der Waals surface area contributed by atoms with Crippen molar-refractivity contribution in [2.24, 2.45) is 5.73 Å². The van der Waals surface area contributed by atoms with Gasteiger partial charge in [-0.25, -0.2) is 4.98 Å². The normalized spacial score (nSPS) is 11.2. The van der Waals surface area contributed by atoms with Gasteiger partial charge in [-0.1, -0.05) is 0 Å². The lowest BCUT2D eigenvalue weighted by atomic mass is 10.3. The van der Waals surface area contributed by atoms with Gasteiger partial charge < -0.3 is 15.0 Å². The van der Waals surface area contributed by atoms with Crippen LogP contribution in [0.3, 0.4) is 0 Å². The Morgan fingerprint density at radius 3 is 2.93 bits per heavy atom. The molecule has 1 aromatic heterocycles. The molecule has 15 heavy (non-hydrogen) atoms. The molecule has 0 bridgehead atoms.